The van der Waals surface area contributed by atoms with E-state index in [4.69, 9.17) is 11.6 Å². The molecular formula is C15H23ClN2O2S. The van der Waals surface area contributed by atoms with Crippen LogP contribution in [0.5, 0.6) is 0 Å². The molecule has 0 saturated carbocycles. The van der Waals surface area contributed by atoms with Crippen molar-refractivity contribution >= 4 is 21.6 Å². The molecule has 4 nitrogen and oxygen atoms in total. The molecule has 0 spiro atoms. The summed E-state index contributed by atoms with van der Waals surface area (Å²) in [7, 11) is -1.44. The van der Waals surface area contributed by atoms with E-state index < -0.39 is 10.0 Å². The van der Waals surface area contributed by atoms with Gasteiger partial charge in [0.2, 0.25) is 10.0 Å². The highest BCUT2D eigenvalue weighted by molar-refractivity contribution is 7.89. The van der Waals surface area contributed by atoms with Crippen molar-refractivity contribution in [1.29, 1.82) is 0 Å². The number of hydrogen-bond donors (Lipinski definition) is 0. The number of piperazine rings is 1. The molecule has 1 aromatic rings. The molecule has 1 aliphatic heterocycles. The summed E-state index contributed by atoms with van der Waals surface area (Å²) in [4.78, 5) is 2.57. The first-order chi connectivity index (χ1) is 9.70. The van der Waals surface area contributed by atoms with Gasteiger partial charge in [-0.25, -0.2) is 8.42 Å². The lowest BCUT2D eigenvalue weighted by molar-refractivity contribution is 0.0801. The smallest absolute Gasteiger partial charge is 0.243 e. The number of rotatable bonds is 3. The molecule has 0 aliphatic carbocycles. The van der Waals surface area contributed by atoms with Gasteiger partial charge in [0, 0.05) is 31.1 Å². The van der Waals surface area contributed by atoms with E-state index in [0.717, 1.165) is 17.7 Å². The van der Waals surface area contributed by atoms with E-state index in [1.165, 1.54) is 0 Å². The quantitative estimate of drug-likeness (QED) is 0.799. The standard InChI is InChI=1S/C15H23ClN2O2S/c1-12-13(10-16)6-5-7-14(12)21(19,20)18-9-8-17(4)15(2,3)11-18/h5-7H,8-11H2,1-4H3. The molecule has 0 radical (unpaired) electrons. The Balaban J connectivity index is 2.39. The number of hydrogen-bond acceptors (Lipinski definition) is 3. The number of nitrogens with zero attached hydrogens (tertiary/aromatic N) is 2. The van der Waals surface area contributed by atoms with Crippen molar-refractivity contribution in [2.75, 3.05) is 26.7 Å². The topological polar surface area (TPSA) is 40.6 Å². The normalized spacial score (nSPS) is 20.6. The van der Waals surface area contributed by atoms with Crippen LogP contribution < -0.4 is 0 Å². The van der Waals surface area contributed by atoms with Gasteiger partial charge in [-0.1, -0.05) is 12.1 Å². The second-order valence-electron chi connectivity index (χ2n) is 6.25. The second kappa shape index (κ2) is 5.88. The van der Waals surface area contributed by atoms with Gasteiger partial charge >= 0.3 is 0 Å². The third-order valence-corrected chi connectivity index (χ3v) is 6.72. The first-order valence-electron chi connectivity index (χ1n) is 7.06. The van der Waals surface area contributed by atoms with Crippen LogP contribution in [-0.2, 0) is 15.9 Å². The molecule has 1 saturated heterocycles. The van der Waals surface area contributed by atoms with Crippen LogP contribution in [0.15, 0.2) is 23.1 Å². The van der Waals surface area contributed by atoms with Crippen molar-refractivity contribution in [2.24, 2.45) is 0 Å². The van der Waals surface area contributed by atoms with Gasteiger partial charge in [-0.3, -0.25) is 4.90 Å². The number of benzene rings is 1. The summed E-state index contributed by atoms with van der Waals surface area (Å²) < 4.78 is 27.5. The zero-order valence-corrected chi connectivity index (χ0v) is 14.6. The van der Waals surface area contributed by atoms with Gasteiger partial charge in [-0.05, 0) is 45.0 Å². The molecule has 2 rings (SSSR count). The van der Waals surface area contributed by atoms with Gasteiger partial charge in [-0.15, -0.1) is 11.6 Å². The van der Waals surface area contributed by atoms with Crippen molar-refractivity contribution < 1.29 is 8.42 Å². The fourth-order valence-electron chi connectivity index (χ4n) is 2.62. The lowest BCUT2D eigenvalue weighted by Crippen LogP contribution is -2.58. The Morgan fingerprint density at radius 3 is 2.52 bits per heavy atom. The van der Waals surface area contributed by atoms with Gasteiger partial charge < -0.3 is 0 Å². The van der Waals surface area contributed by atoms with Crippen LogP contribution >= 0.6 is 11.6 Å². The minimum Gasteiger partial charge on any atom is -0.299 e. The lowest BCUT2D eigenvalue weighted by Gasteiger charge is -2.44. The minimum atomic E-state index is -3.47. The number of sulfonamides is 1. The molecule has 1 heterocycles. The molecule has 1 aromatic carbocycles. The molecule has 21 heavy (non-hydrogen) atoms. The Bertz CT molecular complexity index is 629. The SMILES string of the molecule is Cc1c(CCl)cccc1S(=O)(=O)N1CCN(C)C(C)(C)C1. The molecular weight excluding hydrogens is 308 g/mol. The number of likely N-dealkylation sites (N-methyl/N-ethyl adjacent to an activating group) is 1. The Morgan fingerprint density at radius 1 is 1.29 bits per heavy atom. The molecule has 1 aliphatic rings. The maximum atomic E-state index is 12.9. The van der Waals surface area contributed by atoms with Crippen LogP contribution in [0.2, 0.25) is 0 Å². The fourth-order valence-corrected chi connectivity index (χ4v) is 4.77. The predicted octanol–water partition coefficient (Wildman–Crippen LogP) is 2.45. The van der Waals surface area contributed by atoms with Gasteiger partial charge in [0.25, 0.3) is 0 Å². The van der Waals surface area contributed by atoms with Gasteiger partial charge in [-0.2, -0.15) is 4.31 Å². The average molecular weight is 331 g/mol. The molecule has 0 amide bonds. The van der Waals surface area contributed by atoms with Gasteiger partial charge in [0.05, 0.1) is 4.90 Å². The summed E-state index contributed by atoms with van der Waals surface area (Å²) in [6, 6.07) is 5.31. The van der Waals surface area contributed by atoms with Crippen LogP contribution in [0.1, 0.15) is 25.0 Å². The highest BCUT2D eigenvalue weighted by Crippen LogP contribution is 2.28. The minimum absolute atomic E-state index is 0.163. The van der Waals surface area contributed by atoms with Crippen LogP contribution in [0.3, 0.4) is 0 Å². The first-order valence-corrected chi connectivity index (χ1v) is 9.03. The highest BCUT2D eigenvalue weighted by atomic mass is 35.5. The van der Waals surface area contributed by atoms with E-state index in [2.05, 4.69) is 18.7 Å². The second-order valence-corrected chi connectivity index (χ2v) is 8.42. The van der Waals surface area contributed by atoms with Crippen molar-refractivity contribution in [3.63, 3.8) is 0 Å². The zero-order valence-electron chi connectivity index (χ0n) is 13.1. The van der Waals surface area contributed by atoms with Crippen LogP contribution in [0.4, 0.5) is 0 Å². The summed E-state index contributed by atoms with van der Waals surface area (Å²) in [5, 5.41) is 0. The summed E-state index contributed by atoms with van der Waals surface area (Å²) in [5.41, 5.74) is 1.46. The lowest BCUT2D eigenvalue weighted by atomic mass is 10.0. The summed E-state index contributed by atoms with van der Waals surface area (Å²) in [6.07, 6.45) is 0. The van der Waals surface area contributed by atoms with E-state index in [9.17, 15) is 8.42 Å². The third kappa shape index (κ3) is 3.11. The van der Waals surface area contributed by atoms with E-state index in [0.29, 0.717) is 23.9 Å². The molecule has 0 N–H and O–H groups in total. The van der Waals surface area contributed by atoms with Crippen LogP contribution in [0, 0.1) is 6.92 Å². The first kappa shape index (κ1) is 16.7. The van der Waals surface area contributed by atoms with Crippen molar-refractivity contribution in [3.05, 3.63) is 29.3 Å². The predicted molar refractivity (Wildman–Crippen MR) is 86.2 cm³/mol. The summed E-state index contributed by atoms with van der Waals surface area (Å²) >= 11 is 5.89. The Kier molecular flexibility index (Phi) is 4.69. The average Bonchev–Trinajstić information content (AvgIpc) is 2.41. The van der Waals surface area contributed by atoms with Crippen molar-refractivity contribution in [2.45, 2.75) is 37.1 Å². The van der Waals surface area contributed by atoms with Gasteiger partial charge in [0.15, 0.2) is 0 Å². The molecule has 118 valence electrons. The molecule has 0 atom stereocenters. The van der Waals surface area contributed by atoms with E-state index in [1.54, 1.807) is 16.4 Å². The maximum Gasteiger partial charge on any atom is 0.243 e. The molecule has 0 bridgehead atoms. The van der Waals surface area contributed by atoms with Crippen LogP contribution in [0.25, 0.3) is 0 Å². The fraction of sp³-hybridized carbons (Fsp3) is 0.600. The zero-order chi connectivity index (χ0) is 15.8. The number of halogens is 1. The maximum absolute atomic E-state index is 12.9. The summed E-state index contributed by atoms with van der Waals surface area (Å²) in [5.74, 6) is 0.323. The third-order valence-electron chi connectivity index (χ3n) is 4.44. The Hall–Kier alpha value is -0.620. The van der Waals surface area contributed by atoms with Gasteiger partial charge in [0.1, 0.15) is 0 Å². The summed E-state index contributed by atoms with van der Waals surface area (Å²) in [6.45, 7) is 7.71. The van der Waals surface area contributed by atoms with Crippen molar-refractivity contribution in [1.82, 2.24) is 9.21 Å². The molecule has 6 heteroatoms. The van der Waals surface area contributed by atoms with E-state index >= 15 is 0 Å². The van der Waals surface area contributed by atoms with E-state index in [-0.39, 0.29) is 5.54 Å². The van der Waals surface area contributed by atoms with Crippen molar-refractivity contribution in [3.8, 4) is 0 Å². The Labute approximate surface area is 132 Å². The molecule has 1 fully saturated rings. The molecule has 0 aromatic heterocycles. The van der Waals surface area contributed by atoms with Crippen LogP contribution in [-0.4, -0.2) is 49.8 Å². The Morgan fingerprint density at radius 2 is 1.95 bits per heavy atom. The number of alkyl halides is 1. The van der Waals surface area contributed by atoms with E-state index in [1.807, 2.05) is 20.0 Å². The largest absolute Gasteiger partial charge is 0.299 e. The molecule has 0 unspecified atom stereocenters. The highest BCUT2D eigenvalue weighted by Gasteiger charge is 2.37. The monoisotopic (exact) mass is 330 g/mol.